The van der Waals surface area contributed by atoms with Gasteiger partial charge in [0.25, 0.3) is 0 Å². The van der Waals surface area contributed by atoms with E-state index in [-0.39, 0.29) is 6.61 Å². The number of esters is 1. The van der Waals surface area contributed by atoms with E-state index >= 15 is 0 Å². The zero-order valence-electron chi connectivity index (χ0n) is 9.27. The first-order chi connectivity index (χ1) is 8.34. The van der Waals surface area contributed by atoms with Crippen molar-refractivity contribution >= 4 is 5.97 Å². The van der Waals surface area contributed by atoms with E-state index in [1.165, 1.54) is 0 Å². The Balaban J connectivity index is 2.66. The summed E-state index contributed by atoms with van der Waals surface area (Å²) in [5.74, 6) is -0.748. The van der Waals surface area contributed by atoms with Gasteiger partial charge in [-0.05, 0) is 6.07 Å². The number of alkyl halides is 3. The van der Waals surface area contributed by atoms with Crippen LogP contribution in [0.5, 0.6) is 6.01 Å². The molecule has 0 saturated carbocycles. The fraction of sp³-hybridized carbons (Fsp3) is 0.444. The van der Waals surface area contributed by atoms with E-state index < -0.39 is 29.9 Å². The molecule has 0 amide bonds. The van der Waals surface area contributed by atoms with Crippen LogP contribution in [0.25, 0.3) is 0 Å². The Hall–Kier alpha value is -1.90. The molecule has 1 atom stereocenters. The number of hydrogen-bond acceptors (Lipinski definition) is 6. The van der Waals surface area contributed by atoms with Crippen molar-refractivity contribution in [2.24, 2.45) is 5.73 Å². The highest BCUT2D eigenvalue weighted by molar-refractivity contribution is 5.75. The molecule has 6 nitrogen and oxygen atoms in total. The number of methoxy groups -OCH3 is 1. The predicted molar refractivity (Wildman–Crippen MR) is 52.5 cm³/mol. The number of rotatable bonds is 4. The largest absolute Gasteiger partial charge is 0.468 e. The van der Waals surface area contributed by atoms with Gasteiger partial charge in [0.1, 0.15) is 12.6 Å². The molecule has 1 rings (SSSR count). The maximum atomic E-state index is 12.3. The van der Waals surface area contributed by atoms with Crippen molar-refractivity contribution in [3.05, 3.63) is 18.0 Å². The molecule has 2 N–H and O–H groups in total. The Kier molecular flexibility index (Phi) is 4.43. The Bertz CT molecular complexity index is 425. The van der Waals surface area contributed by atoms with E-state index in [9.17, 15) is 18.0 Å². The molecule has 1 aromatic rings. The fourth-order valence-electron chi connectivity index (χ4n) is 0.952. The van der Waals surface area contributed by atoms with E-state index in [0.717, 1.165) is 13.3 Å². The summed E-state index contributed by atoms with van der Waals surface area (Å²) in [7, 11) is 1.13. The van der Waals surface area contributed by atoms with Crippen LogP contribution in [0.15, 0.2) is 12.3 Å². The molecule has 1 heterocycles. The zero-order valence-corrected chi connectivity index (χ0v) is 9.27. The molecular weight excluding hydrogens is 255 g/mol. The van der Waals surface area contributed by atoms with Gasteiger partial charge < -0.3 is 15.2 Å². The number of hydrogen-bond donors (Lipinski definition) is 1. The van der Waals surface area contributed by atoms with Gasteiger partial charge >= 0.3 is 18.2 Å². The van der Waals surface area contributed by atoms with Crippen molar-refractivity contribution in [3.8, 4) is 6.01 Å². The van der Waals surface area contributed by atoms with Crippen LogP contribution in [0.1, 0.15) is 5.69 Å². The van der Waals surface area contributed by atoms with Gasteiger partial charge in [-0.1, -0.05) is 0 Å². The van der Waals surface area contributed by atoms with Crippen molar-refractivity contribution in [3.63, 3.8) is 0 Å². The predicted octanol–water partition coefficient (Wildman–Crippen LogP) is 0.375. The van der Waals surface area contributed by atoms with Crippen molar-refractivity contribution < 1.29 is 27.4 Å². The molecular formula is C9H10F3N3O3. The first-order valence-electron chi connectivity index (χ1n) is 4.71. The average molecular weight is 265 g/mol. The second-order valence-electron chi connectivity index (χ2n) is 3.16. The van der Waals surface area contributed by atoms with Gasteiger partial charge in [0.05, 0.1) is 7.11 Å². The summed E-state index contributed by atoms with van der Waals surface area (Å²) in [6, 6.07) is -0.926. The van der Waals surface area contributed by atoms with E-state index in [0.29, 0.717) is 6.07 Å². The van der Waals surface area contributed by atoms with Gasteiger partial charge in [0, 0.05) is 6.20 Å². The summed E-state index contributed by atoms with van der Waals surface area (Å²) in [5.41, 5.74) is 4.18. The van der Waals surface area contributed by atoms with Crippen molar-refractivity contribution in [2.75, 3.05) is 13.7 Å². The molecule has 0 bridgehead atoms. The first kappa shape index (κ1) is 14.2. The lowest BCUT2D eigenvalue weighted by atomic mass is 10.3. The van der Waals surface area contributed by atoms with Crippen LogP contribution in [0.4, 0.5) is 13.2 Å². The van der Waals surface area contributed by atoms with Crippen LogP contribution in [0.2, 0.25) is 0 Å². The number of halogens is 3. The SMILES string of the molecule is COC(=O)C(N)COc1nccc(C(F)(F)F)n1. The quantitative estimate of drug-likeness (QED) is 0.791. The number of ether oxygens (including phenoxy) is 2. The lowest BCUT2D eigenvalue weighted by molar-refractivity contribution is -0.143. The third-order valence-corrected chi connectivity index (χ3v) is 1.82. The summed E-state index contributed by atoms with van der Waals surface area (Å²) in [4.78, 5) is 17.5. The molecule has 1 aromatic heterocycles. The number of nitrogens with zero attached hydrogens (tertiary/aromatic N) is 2. The van der Waals surface area contributed by atoms with Gasteiger partial charge in [-0.25, -0.2) is 4.98 Å². The second-order valence-corrected chi connectivity index (χ2v) is 3.16. The summed E-state index contributed by atoms with van der Waals surface area (Å²) in [6.45, 7) is -0.381. The van der Waals surface area contributed by atoms with Gasteiger partial charge in [-0.15, -0.1) is 0 Å². The summed E-state index contributed by atoms with van der Waals surface area (Å²) in [6.07, 6.45) is -3.69. The van der Waals surface area contributed by atoms with Crippen LogP contribution in [0.3, 0.4) is 0 Å². The second kappa shape index (κ2) is 5.63. The molecule has 0 fully saturated rings. The van der Waals surface area contributed by atoms with E-state index in [2.05, 4.69) is 14.7 Å². The zero-order chi connectivity index (χ0) is 13.8. The van der Waals surface area contributed by atoms with Gasteiger partial charge in [-0.3, -0.25) is 4.79 Å². The molecule has 100 valence electrons. The van der Waals surface area contributed by atoms with Gasteiger partial charge in [0.15, 0.2) is 5.69 Å². The Labute approximate surface area is 99.9 Å². The third-order valence-electron chi connectivity index (χ3n) is 1.82. The monoisotopic (exact) mass is 265 g/mol. The maximum absolute atomic E-state index is 12.3. The fourth-order valence-corrected chi connectivity index (χ4v) is 0.952. The van der Waals surface area contributed by atoms with E-state index in [1.54, 1.807) is 0 Å². The van der Waals surface area contributed by atoms with Crippen molar-refractivity contribution in [2.45, 2.75) is 12.2 Å². The topological polar surface area (TPSA) is 87.3 Å². The Morgan fingerprint density at radius 2 is 2.22 bits per heavy atom. The Morgan fingerprint density at radius 3 is 2.78 bits per heavy atom. The highest BCUT2D eigenvalue weighted by atomic mass is 19.4. The van der Waals surface area contributed by atoms with E-state index in [1.807, 2.05) is 0 Å². The molecule has 9 heteroatoms. The lowest BCUT2D eigenvalue weighted by Gasteiger charge is -2.11. The molecule has 0 aromatic carbocycles. The van der Waals surface area contributed by atoms with Gasteiger partial charge in [0.2, 0.25) is 0 Å². The van der Waals surface area contributed by atoms with Gasteiger partial charge in [-0.2, -0.15) is 18.2 Å². The summed E-state index contributed by atoms with van der Waals surface area (Å²) >= 11 is 0. The molecule has 0 aliphatic carbocycles. The summed E-state index contributed by atoms with van der Waals surface area (Å²) in [5, 5.41) is 0. The third kappa shape index (κ3) is 3.84. The average Bonchev–Trinajstić information content (AvgIpc) is 2.34. The minimum Gasteiger partial charge on any atom is -0.468 e. The van der Waals surface area contributed by atoms with Crippen molar-refractivity contribution in [1.82, 2.24) is 9.97 Å². The number of carbonyl (C=O) groups is 1. The molecule has 0 aliphatic heterocycles. The molecule has 0 spiro atoms. The first-order valence-corrected chi connectivity index (χ1v) is 4.71. The normalized spacial score (nSPS) is 12.9. The van der Waals surface area contributed by atoms with Crippen LogP contribution in [-0.4, -0.2) is 35.7 Å². The molecule has 0 radical (unpaired) electrons. The highest BCUT2D eigenvalue weighted by Gasteiger charge is 2.33. The van der Waals surface area contributed by atoms with Crippen molar-refractivity contribution in [1.29, 1.82) is 0 Å². The smallest absolute Gasteiger partial charge is 0.433 e. The highest BCUT2D eigenvalue weighted by Crippen LogP contribution is 2.27. The standard InChI is InChI=1S/C9H10F3N3O3/c1-17-7(16)5(13)4-18-8-14-3-2-6(15-8)9(10,11)12/h2-3,5H,4,13H2,1H3. The number of nitrogens with two attached hydrogens (primary N) is 1. The Morgan fingerprint density at radius 1 is 1.56 bits per heavy atom. The maximum Gasteiger partial charge on any atom is 0.433 e. The van der Waals surface area contributed by atoms with E-state index in [4.69, 9.17) is 10.5 Å². The van der Waals surface area contributed by atoms with Crippen LogP contribution in [-0.2, 0) is 15.7 Å². The molecule has 18 heavy (non-hydrogen) atoms. The minimum atomic E-state index is -4.59. The summed E-state index contributed by atoms with van der Waals surface area (Å²) < 4.78 is 46.0. The number of aromatic nitrogens is 2. The molecule has 0 saturated heterocycles. The van der Waals surface area contributed by atoms with Crippen LogP contribution >= 0.6 is 0 Å². The molecule has 0 aliphatic rings. The lowest BCUT2D eigenvalue weighted by Crippen LogP contribution is -2.37. The minimum absolute atomic E-state index is 0.381. The number of carbonyl (C=O) groups excluding carboxylic acids is 1. The van der Waals surface area contributed by atoms with Crippen LogP contribution < -0.4 is 10.5 Å². The van der Waals surface area contributed by atoms with Crippen LogP contribution in [0, 0.1) is 0 Å². The molecule has 1 unspecified atom stereocenters.